The number of nitrogens with one attached hydrogen (secondary N) is 1. The Kier molecular flexibility index (Phi) is 7.00. The maximum Gasteiger partial charge on any atom is 0.262 e. The fourth-order valence-electron chi connectivity index (χ4n) is 2.45. The zero-order valence-electron chi connectivity index (χ0n) is 14.3. The third-order valence-electron chi connectivity index (χ3n) is 3.72. The molecule has 2 rings (SSSR count). The SMILES string of the molecule is COc1cc(/C=C(\C#N)C(=O)NC[C@@H]2CCCO2)ccc1OCC(=O)[O-]. The van der Waals surface area contributed by atoms with E-state index in [9.17, 15) is 20.0 Å². The first kappa shape index (κ1) is 19.3. The maximum absolute atomic E-state index is 12.1. The third-order valence-corrected chi connectivity index (χ3v) is 3.72. The zero-order valence-corrected chi connectivity index (χ0v) is 14.3. The number of carbonyl (C=O) groups excluding carboxylic acids is 2. The lowest BCUT2D eigenvalue weighted by atomic mass is 10.1. The second-order valence-corrected chi connectivity index (χ2v) is 5.59. The first-order valence-electron chi connectivity index (χ1n) is 8.05. The summed E-state index contributed by atoms with van der Waals surface area (Å²) >= 11 is 0. The molecule has 0 aromatic heterocycles. The highest BCUT2D eigenvalue weighted by Gasteiger charge is 2.17. The predicted octanol–water partition coefficient (Wildman–Crippen LogP) is 0.0261. The quantitative estimate of drug-likeness (QED) is 0.513. The Morgan fingerprint density at radius 1 is 1.46 bits per heavy atom. The average molecular weight is 359 g/mol. The van der Waals surface area contributed by atoms with Gasteiger partial charge in [-0.1, -0.05) is 6.07 Å². The number of nitrogens with zero attached hydrogens (tertiary/aromatic N) is 1. The number of rotatable bonds is 8. The molecular weight excluding hydrogens is 340 g/mol. The van der Waals surface area contributed by atoms with Gasteiger partial charge in [0.2, 0.25) is 0 Å². The van der Waals surface area contributed by atoms with E-state index in [4.69, 9.17) is 14.2 Å². The second-order valence-electron chi connectivity index (χ2n) is 5.59. The van der Waals surface area contributed by atoms with Crippen LogP contribution in [0.15, 0.2) is 23.8 Å². The fourth-order valence-corrected chi connectivity index (χ4v) is 2.45. The molecule has 1 amide bonds. The van der Waals surface area contributed by atoms with E-state index in [0.717, 1.165) is 12.8 Å². The van der Waals surface area contributed by atoms with Gasteiger partial charge in [0.05, 0.1) is 19.2 Å². The van der Waals surface area contributed by atoms with E-state index in [1.807, 2.05) is 6.07 Å². The van der Waals surface area contributed by atoms with Crippen molar-refractivity contribution < 1.29 is 28.9 Å². The molecule has 26 heavy (non-hydrogen) atoms. The summed E-state index contributed by atoms with van der Waals surface area (Å²) in [5.74, 6) is -1.35. The van der Waals surface area contributed by atoms with Gasteiger partial charge in [0.25, 0.3) is 5.91 Å². The van der Waals surface area contributed by atoms with Crippen LogP contribution in [0.4, 0.5) is 0 Å². The van der Waals surface area contributed by atoms with Crippen molar-refractivity contribution in [2.45, 2.75) is 18.9 Å². The molecule has 1 saturated heterocycles. The Hall–Kier alpha value is -3.05. The fraction of sp³-hybridized carbons (Fsp3) is 0.389. The molecule has 0 spiro atoms. The largest absolute Gasteiger partial charge is 0.546 e. The van der Waals surface area contributed by atoms with Gasteiger partial charge in [-0.3, -0.25) is 4.79 Å². The van der Waals surface area contributed by atoms with Crippen LogP contribution < -0.4 is 19.9 Å². The highest BCUT2D eigenvalue weighted by atomic mass is 16.5. The highest BCUT2D eigenvalue weighted by Crippen LogP contribution is 2.28. The van der Waals surface area contributed by atoms with Crippen molar-refractivity contribution in [3.05, 3.63) is 29.3 Å². The van der Waals surface area contributed by atoms with Crippen molar-refractivity contribution in [3.63, 3.8) is 0 Å². The molecule has 1 aliphatic heterocycles. The van der Waals surface area contributed by atoms with Gasteiger partial charge in [-0.15, -0.1) is 0 Å². The van der Waals surface area contributed by atoms with Crippen LogP contribution >= 0.6 is 0 Å². The number of ether oxygens (including phenoxy) is 3. The minimum atomic E-state index is -1.36. The molecule has 1 heterocycles. The number of amides is 1. The molecule has 0 bridgehead atoms. The van der Waals surface area contributed by atoms with Crippen LogP contribution in [-0.2, 0) is 14.3 Å². The molecule has 0 radical (unpaired) electrons. The Bertz CT molecular complexity index is 732. The van der Waals surface area contributed by atoms with Crippen LogP contribution in [0.2, 0.25) is 0 Å². The predicted molar refractivity (Wildman–Crippen MR) is 89.1 cm³/mol. The standard InChI is InChI=1S/C18H20N2O6/c1-24-16-8-12(4-5-15(16)26-11-17(21)22)7-13(9-19)18(23)20-10-14-3-2-6-25-14/h4-5,7-8,14H,2-3,6,10-11H2,1H3,(H,20,23)(H,21,22)/p-1/b13-7+/t14-/m0/s1. The molecular formula is C18H19N2O6-. The maximum atomic E-state index is 12.1. The number of hydrogen-bond donors (Lipinski definition) is 1. The van der Waals surface area contributed by atoms with E-state index in [0.29, 0.717) is 18.7 Å². The van der Waals surface area contributed by atoms with Gasteiger partial charge >= 0.3 is 0 Å². The number of aliphatic carboxylic acids is 1. The number of benzene rings is 1. The van der Waals surface area contributed by atoms with Crippen LogP contribution in [0.5, 0.6) is 11.5 Å². The summed E-state index contributed by atoms with van der Waals surface area (Å²) in [5.41, 5.74) is 0.472. The van der Waals surface area contributed by atoms with Crippen molar-refractivity contribution >= 4 is 18.0 Å². The summed E-state index contributed by atoms with van der Waals surface area (Å²) in [6.45, 7) is 0.436. The minimum Gasteiger partial charge on any atom is -0.546 e. The Balaban J connectivity index is 2.07. The van der Waals surface area contributed by atoms with Gasteiger partial charge in [-0.05, 0) is 36.6 Å². The Morgan fingerprint density at radius 2 is 2.27 bits per heavy atom. The van der Waals surface area contributed by atoms with E-state index in [-0.39, 0.29) is 23.2 Å². The van der Waals surface area contributed by atoms with Gasteiger partial charge < -0.3 is 29.4 Å². The first-order chi connectivity index (χ1) is 12.5. The van der Waals surface area contributed by atoms with Crippen LogP contribution in [0.25, 0.3) is 6.08 Å². The first-order valence-corrected chi connectivity index (χ1v) is 8.05. The molecule has 1 fully saturated rings. The molecule has 1 N–H and O–H groups in total. The molecule has 138 valence electrons. The number of carbonyl (C=O) groups is 2. The van der Waals surface area contributed by atoms with Crippen molar-refractivity contribution in [1.82, 2.24) is 5.32 Å². The van der Waals surface area contributed by atoms with E-state index in [1.54, 1.807) is 6.07 Å². The zero-order chi connectivity index (χ0) is 18.9. The van der Waals surface area contributed by atoms with E-state index < -0.39 is 18.5 Å². The van der Waals surface area contributed by atoms with Gasteiger partial charge in [-0.2, -0.15) is 5.26 Å². The average Bonchev–Trinajstić information content (AvgIpc) is 3.16. The number of nitriles is 1. The molecule has 0 aliphatic carbocycles. The normalized spacial score (nSPS) is 16.6. The van der Waals surface area contributed by atoms with E-state index >= 15 is 0 Å². The van der Waals surface area contributed by atoms with Crippen molar-refractivity contribution in [3.8, 4) is 17.6 Å². The highest BCUT2D eigenvalue weighted by molar-refractivity contribution is 6.01. The van der Waals surface area contributed by atoms with Gasteiger partial charge in [0.15, 0.2) is 11.5 Å². The molecule has 8 heteroatoms. The van der Waals surface area contributed by atoms with Crippen LogP contribution in [0.1, 0.15) is 18.4 Å². The second kappa shape index (κ2) is 9.44. The molecule has 1 aromatic carbocycles. The summed E-state index contributed by atoms with van der Waals surface area (Å²) < 4.78 is 15.6. The number of methoxy groups -OCH3 is 1. The van der Waals surface area contributed by atoms with Crippen molar-refractivity contribution in [2.24, 2.45) is 0 Å². The molecule has 1 aliphatic rings. The van der Waals surface area contributed by atoms with E-state index in [1.165, 1.54) is 25.3 Å². The summed E-state index contributed by atoms with van der Waals surface area (Å²) in [7, 11) is 1.40. The number of carboxylic acid groups (broad SMARTS) is 1. The van der Waals surface area contributed by atoms with Gasteiger partial charge in [0.1, 0.15) is 18.2 Å². The Labute approximate surface area is 151 Å². The monoisotopic (exact) mass is 359 g/mol. The molecule has 8 nitrogen and oxygen atoms in total. The molecule has 1 aromatic rings. The van der Waals surface area contributed by atoms with Gasteiger partial charge in [0, 0.05) is 13.2 Å². The van der Waals surface area contributed by atoms with Crippen LogP contribution in [-0.4, -0.2) is 44.8 Å². The topological polar surface area (TPSA) is 121 Å². The van der Waals surface area contributed by atoms with Gasteiger partial charge in [-0.25, -0.2) is 0 Å². The number of hydrogen-bond acceptors (Lipinski definition) is 7. The van der Waals surface area contributed by atoms with E-state index in [2.05, 4.69) is 5.32 Å². The Morgan fingerprint density at radius 3 is 2.88 bits per heavy atom. The third kappa shape index (κ3) is 5.50. The summed E-state index contributed by atoms with van der Waals surface area (Å²) in [6, 6.07) is 6.48. The van der Waals surface area contributed by atoms with Crippen molar-refractivity contribution in [2.75, 3.05) is 26.9 Å². The van der Waals surface area contributed by atoms with Crippen molar-refractivity contribution in [1.29, 1.82) is 5.26 Å². The summed E-state index contributed by atoms with van der Waals surface area (Å²) in [5, 5.41) is 22.4. The minimum absolute atomic E-state index is 0.0147. The lowest BCUT2D eigenvalue weighted by Crippen LogP contribution is -2.32. The van der Waals surface area contributed by atoms with Crippen LogP contribution in [0, 0.1) is 11.3 Å². The molecule has 1 atom stereocenters. The van der Waals surface area contributed by atoms with Crippen LogP contribution in [0.3, 0.4) is 0 Å². The number of carboxylic acids is 1. The summed E-state index contributed by atoms with van der Waals surface area (Å²) in [4.78, 5) is 22.6. The lowest BCUT2D eigenvalue weighted by Gasteiger charge is -2.12. The molecule has 0 saturated carbocycles. The molecule has 0 unspecified atom stereocenters. The smallest absolute Gasteiger partial charge is 0.262 e. The lowest BCUT2D eigenvalue weighted by molar-refractivity contribution is -0.307. The summed E-state index contributed by atoms with van der Waals surface area (Å²) in [6.07, 6.45) is 3.25.